The largest absolute Gasteiger partial charge is 0.374 e. The summed E-state index contributed by atoms with van der Waals surface area (Å²) in [6.45, 7) is 4.81. The Morgan fingerprint density at radius 1 is 1.00 bits per heavy atom. The van der Waals surface area contributed by atoms with E-state index in [2.05, 4.69) is 56.3 Å². The van der Waals surface area contributed by atoms with Gasteiger partial charge in [-0.1, -0.05) is 42.5 Å². The van der Waals surface area contributed by atoms with Gasteiger partial charge in [0.2, 0.25) is 0 Å². The van der Waals surface area contributed by atoms with Crippen molar-refractivity contribution in [1.82, 2.24) is 0 Å². The van der Waals surface area contributed by atoms with Crippen LogP contribution >= 0.6 is 0 Å². The third-order valence-corrected chi connectivity index (χ3v) is 2.45. The summed E-state index contributed by atoms with van der Waals surface area (Å²) in [5.74, 6) is 0. The summed E-state index contributed by atoms with van der Waals surface area (Å²) in [6, 6.07) is 14.8. The lowest BCUT2D eigenvalue weighted by Crippen LogP contribution is -2.02. The molecule has 0 aliphatic heterocycles. The van der Waals surface area contributed by atoms with E-state index in [4.69, 9.17) is 4.74 Å². The monoisotopic (exact) mass is 200 g/mol. The van der Waals surface area contributed by atoms with Crippen LogP contribution in [0.15, 0.2) is 42.5 Å². The van der Waals surface area contributed by atoms with E-state index in [-0.39, 0.29) is 6.10 Å². The molecular formula is C14H16O. The van der Waals surface area contributed by atoms with E-state index >= 15 is 0 Å². The summed E-state index contributed by atoms with van der Waals surface area (Å²) in [4.78, 5) is 0. The molecule has 0 N–H and O–H groups in total. The Labute approximate surface area is 90.7 Å². The molecule has 1 nitrogen and oxygen atoms in total. The van der Waals surface area contributed by atoms with Gasteiger partial charge in [0.15, 0.2) is 0 Å². The lowest BCUT2D eigenvalue weighted by Gasteiger charge is -2.09. The Kier molecular flexibility index (Phi) is 3.02. The first-order valence-corrected chi connectivity index (χ1v) is 5.35. The number of hydrogen-bond donors (Lipinski definition) is 0. The van der Waals surface area contributed by atoms with Crippen molar-refractivity contribution < 1.29 is 4.74 Å². The molecule has 1 heteroatoms. The molecule has 0 atom stereocenters. The zero-order valence-electron chi connectivity index (χ0n) is 9.23. The second-order valence-electron chi connectivity index (χ2n) is 4.00. The second kappa shape index (κ2) is 4.45. The van der Waals surface area contributed by atoms with Gasteiger partial charge in [-0.2, -0.15) is 0 Å². The SMILES string of the molecule is CC(C)OCc1cccc2ccccc12. The summed E-state index contributed by atoms with van der Waals surface area (Å²) in [7, 11) is 0. The molecule has 0 radical (unpaired) electrons. The maximum atomic E-state index is 5.64. The highest BCUT2D eigenvalue weighted by molar-refractivity contribution is 5.85. The molecule has 15 heavy (non-hydrogen) atoms. The molecule has 2 rings (SSSR count). The van der Waals surface area contributed by atoms with Gasteiger partial charge in [-0.25, -0.2) is 0 Å². The Bertz CT molecular complexity index is 441. The van der Waals surface area contributed by atoms with Crippen molar-refractivity contribution in [2.75, 3.05) is 0 Å². The Balaban J connectivity index is 2.34. The van der Waals surface area contributed by atoms with Crippen molar-refractivity contribution in [3.05, 3.63) is 48.0 Å². The van der Waals surface area contributed by atoms with E-state index in [1.807, 2.05) is 0 Å². The molecule has 0 bridgehead atoms. The minimum Gasteiger partial charge on any atom is -0.374 e. The lowest BCUT2D eigenvalue weighted by atomic mass is 10.1. The second-order valence-corrected chi connectivity index (χ2v) is 4.00. The van der Waals surface area contributed by atoms with Gasteiger partial charge in [-0.3, -0.25) is 0 Å². The van der Waals surface area contributed by atoms with Crippen LogP contribution in [-0.2, 0) is 11.3 Å². The molecule has 78 valence electrons. The van der Waals surface area contributed by atoms with Crippen LogP contribution in [0.5, 0.6) is 0 Å². The third-order valence-electron chi connectivity index (χ3n) is 2.45. The van der Waals surface area contributed by atoms with Crippen molar-refractivity contribution in [3.8, 4) is 0 Å². The number of ether oxygens (including phenoxy) is 1. The topological polar surface area (TPSA) is 9.23 Å². The molecule has 0 aliphatic carbocycles. The van der Waals surface area contributed by atoms with E-state index in [9.17, 15) is 0 Å². The van der Waals surface area contributed by atoms with Crippen LogP contribution < -0.4 is 0 Å². The van der Waals surface area contributed by atoms with Crippen LogP contribution in [0.4, 0.5) is 0 Å². The van der Waals surface area contributed by atoms with Crippen LogP contribution in [0.1, 0.15) is 19.4 Å². The average Bonchev–Trinajstić information content (AvgIpc) is 2.26. The highest BCUT2D eigenvalue weighted by Crippen LogP contribution is 2.19. The standard InChI is InChI=1S/C14H16O/c1-11(2)15-10-13-8-5-7-12-6-3-4-9-14(12)13/h3-9,11H,10H2,1-2H3. The molecule has 2 aromatic rings. The first-order valence-electron chi connectivity index (χ1n) is 5.35. The lowest BCUT2D eigenvalue weighted by molar-refractivity contribution is 0.0664. The maximum absolute atomic E-state index is 5.64. The normalized spacial score (nSPS) is 11.1. The summed E-state index contributed by atoms with van der Waals surface area (Å²) >= 11 is 0. The third kappa shape index (κ3) is 2.37. The molecule has 2 aromatic carbocycles. The minimum absolute atomic E-state index is 0.281. The predicted octanol–water partition coefficient (Wildman–Crippen LogP) is 3.76. The fourth-order valence-corrected chi connectivity index (χ4v) is 1.67. The highest BCUT2D eigenvalue weighted by atomic mass is 16.5. The molecule has 0 spiro atoms. The Morgan fingerprint density at radius 3 is 2.53 bits per heavy atom. The molecule has 0 saturated carbocycles. The maximum Gasteiger partial charge on any atom is 0.0726 e. The molecule has 0 saturated heterocycles. The Morgan fingerprint density at radius 2 is 1.73 bits per heavy atom. The van der Waals surface area contributed by atoms with Gasteiger partial charge in [-0.05, 0) is 30.2 Å². The van der Waals surface area contributed by atoms with Crippen molar-refractivity contribution in [2.24, 2.45) is 0 Å². The number of rotatable bonds is 3. The number of hydrogen-bond acceptors (Lipinski definition) is 1. The molecule has 0 unspecified atom stereocenters. The molecule has 0 fully saturated rings. The average molecular weight is 200 g/mol. The first kappa shape index (κ1) is 10.2. The Hall–Kier alpha value is -1.34. The van der Waals surface area contributed by atoms with Gasteiger partial charge in [0, 0.05) is 0 Å². The van der Waals surface area contributed by atoms with Crippen molar-refractivity contribution in [2.45, 2.75) is 26.6 Å². The quantitative estimate of drug-likeness (QED) is 0.733. The van der Waals surface area contributed by atoms with E-state index < -0.39 is 0 Å². The summed E-state index contributed by atoms with van der Waals surface area (Å²) in [6.07, 6.45) is 0.281. The van der Waals surface area contributed by atoms with Crippen LogP contribution in [0.3, 0.4) is 0 Å². The van der Waals surface area contributed by atoms with Gasteiger partial charge in [0.05, 0.1) is 12.7 Å². The van der Waals surface area contributed by atoms with Gasteiger partial charge < -0.3 is 4.74 Å². The molecule has 0 aromatic heterocycles. The number of benzene rings is 2. The predicted molar refractivity (Wildman–Crippen MR) is 63.9 cm³/mol. The van der Waals surface area contributed by atoms with E-state index in [0.717, 1.165) is 0 Å². The van der Waals surface area contributed by atoms with Crippen LogP contribution in [0.2, 0.25) is 0 Å². The first-order chi connectivity index (χ1) is 7.27. The van der Waals surface area contributed by atoms with E-state index in [1.165, 1.54) is 16.3 Å². The summed E-state index contributed by atoms with van der Waals surface area (Å²) in [5.41, 5.74) is 1.27. The van der Waals surface area contributed by atoms with E-state index in [1.54, 1.807) is 0 Å². The fourth-order valence-electron chi connectivity index (χ4n) is 1.67. The van der Waals surface area contributed by atoms with Crippen molar-refractivity contribution in [1.29, 1.82) is 0 Å². The molecule has 0 heterocycles. The van der Waals surface area contributed by atoms with Crippen LogP contribution in [0.25, 0.3) is 10.8 Å². The van der Waals surface area contributed by atoms with Gasteiger partial charge in [0.1, 0.15) is 0 Å². The van der Waals surface area contributed by atoms with Crippen molar-refractivity contribution in [3.63, 3.8) is 0 Å². The van der Waals surface area contributed by atoms with Gasteiger partial charge in [-0.15, -0.1) is 0 Å². The van der Waals surface area contributed by atoms with Crippen LogP contribution in [0, 0.1) is 0 Å². The number of fused-ring (bicyclic) bond motifs is 1. The van der Waals surface area contributed by atoms with Crippen molar-refractivity contribution >= 4 is 10.8 Å². The molecule has 0 aliphatic rings. The highest BCUT2D eigenvalue weighted by Gasteiger charge is 2.01. The smallest absolute Gasteiger partial charge is 0.0726 e. The summed E-state index contributed by atoms with van der Waals surface area (Å²) < 4.78 is 5.64. The zero-order chi connectivity index (χ0) is 10.7. The van der Waals surface area contributed by atoms with Gasteiger partial charge in [0.25, 0.3) is 0 Å². The zero-order valence-corrected chi connectivity index (χ0v) is 9.23. The fraction of sp³-hybridized carbons (Fsp3) is 0.286. The summed E-state index contributed by atoms with van der Waals surface area (Å²) in [5, 5.41) is 2.57. The molecular weight excluding hydrogens is 184 g/mol. The van der Waals surface area contributed by atoms with Gasteiger partial charge >= 0.3 is 0 Å². The van der Waals surface area contributed by atoms with E-state index in [0.29, 0.717) is 6.61 Å². The molecule has 0 amide bonds. The van der Waals surface area contributed by atoms with Crippen LogP contribution in [-0.4, -0.2) is 6.10 Å². The minimum atomic E-state index is 0.281.